The predicted molar refractivity (Wildman–Crippen MR) is 111 cm³/mol. The first-order valence-corrected chi connectivity index (χ1v) is 10.2. The third-order valence-corrected chi connectivity index (χ3v) is 5.73. The van der Waals surface area contributed by atoms with Crippen LogP contribution in [0.25, 0.3) is 0 Å². The average molecular weight is 368 g/mol. The van der Waals surface area contributed by atoms with Crippen molar-refractivity contribution in [2.45, 2.75) is 44.6 Å². The van der Waals surface area contributed by atoms with Gasteiger partial charge in [-0.15, -0.1) is 0 Å². The lowest BCUT2D eigenvalue weighted by molar-refractivity contribution is -0.0213. The van der Waals surface area contributed by atoms with Crippen LogP contribution >= 0.6 is 0 Å². The van der Waals surface area contributed by atoms with Crippen molar-refractivity contribution < 1.29 is 9.84 Å². The molecule has 0 radical (unpaired) electrons. The molecule has 1 fully saturated rings. The van der Waals surface area contributed by atoms with Gasteiger partial charge in [-0.3, -0.25) is 0 Å². The summed E-state index contributed by atoms with van der Waals surface area (Å²) in [5.41, 5.74) is 1.28. The summed E-state index contributed by atoms with van der Waals surface area (Å²) >= 11 is 0. The molecule has 27 heavy (non-hydrogen) atoms. The van der Waals surface area contributed by atoms with Crippen molar-refractivity contribution in [3.63, 3.8) is 0 Å². The molecule has 1 aliphatic rings. The Bertz CT molecular complexity index is 692. The number of rotatable bonds is 8. The maximum Gasteiger partial charge on any atom is 0.118 e. The van der Waals surface area contributed by atoms with Gasteiger partial charge in [-0.05, 0) is 61.5 Å². The van der Waals surface area contributed by atoms with E-state index in [9.17, 15) is 5.11 Å². The summed E-state index contributed by atoms with van der Waals surface area (Å²) in [4.78, 5) is 2.51. The van der Waals surface area contributed by atoms with Crippen molar-refractivity contribution in [1.29, 1.82) is 0 Å². The number of ether oxygens (including phenoxy) is 1. The Morgan fingerprint density at radius 2 is 1.63 bits per heavy atom. The third-order valence-electron chi connectivity index (χ3n) is 5.73. The van der Waals surface area contributed by atoms with Crippen molar-refractivity contribution in [3.8, 4) is 5.75 Å². The van der Waals surface area contributed by atoms with Crippen LogP contribution in [0.15, 0.2) is 54.6 Å². The molecule has 146 valence electrons. The fourth-order valence-corrected chi connectivity index (χ4v) is 4.40. The molecule has 2 aromatic carbocycles. The molecule has 3 rings (SSSR count). The van der Waals surface area contributed by atoms with Gasteiger partial charge >= 0.3 is 0 Å². The van der Waals surface area contributed by atoms with Gasteiger partial charge in [0.25, 0.3) is 0 Å². The highest BCUT2D eigenvalue weighted by molar-refractivity contribution is 5.35. The zero-order valence-corrected chi connectivity index (χ0v) is 16.9. The summed E-state index contributed by atoms with van der Waals surface area (Å²) < 4.78 is 5.33. The highest BCUT2D eigenvalue weighted by Crippen LogP contribution is 2.43. The molecule has 0 saturated carbocycles. The van der Waals surface area contributed by atoms with Crippen molar-refractivity contribution >= 4 is 0 Å². The summed E-state index contributed by atoms with van der Waals surface area (Å²) in [5, 5.41) is 12.1. The minimum atomic E-state index is -0.912. The Kier molecular flexibility index (Phi) is 6.56. The molecule has 0 amide bonds. The number of hydrogen-bond donors (Lipinski definition) is 1. The van der Waals surface area contributed by atoms with E-state index < -0.39 is 5.60 Å². The Labute approximate surface area is 164 Å². The van der Waals surface area contributed by atoms with E-state index in [1.807, 2.05) is 30.3 Å². The normalized spacial score (nSPS) is 18.4. The van der Waals surface area contributed by atoms with Crippen LogP contribution in [0.5, 0.6) is 5.75 Å². The molecule has 0 unspecified atom stereocenters. The number of likely N-dealkylation sites (tertiary alicyclic amines) is 1. The largest absolute Gasteiger partial charge is 0.497 e. The summed E-state index contributed by atoms with van der Waals surface area (Å²) in [6.07, 6.45) is 3.24. The van der Waals surface area contributed by atoms with E-state index in [0.717, 1.165) is 37.4 Å². The van der Waals surface area contributed by atoms with Gasteiger partial charge in [0.05, 0.1) is 12.7 Å². The maximum atomic E-state index is 12.1. The van der Waals surface area contributed by atoms with E-state index >= 15 is 0 Å². The lowest BCUT2D eigenvalue weighted by atomic mass is 9.72. The Balaban J connectivity index is 2.02. The lowest BCUT2D eigenvalue weighted by Crippen LogP contribution is -2.41. The van der Waals surface area contributed by atoms with E-state index in [1.54, 1.807) is 7.11 Å². The van der Waals surface area contributed by atoms with Crippen LogP contribution in [0.2, 0.25) is 0 Å². The molecule has 2 atom stereocenters. The zero-order chi connectivity index (χ0) is 19.3. The first kappa shape index (κ1) is 19.9. The maximum absolute atomic E-state index is 12.1. The van der Waals surface area contributed by atoms with Gasteiger partial charge in [0.2, 0.25) is 0 Å². The summed E-state index contributed by atoms with van der Waals surface area (Å²) in [6.45, 7) is 7.52. The quantitative estimate of drug-likeness (QED) is 0.727. The van der Waals surface area contributed by atoms with E-state index in [2.05, 4.69) is 43.0 Å². The smallest absolute Gasteiger partial charge is 0.118 e. The summed E-state index contributed by atoms with van der Waals surface area (Å²) in [5.74, 6) is 1.25. The standard InChI is InChI=1S/C24H33NO2/c1-19(2)17-24(26,21-11-13-22(27-3)14-12-21)23(18-25-15-7-8-16-25)20-9-5-4-6-10-20/h4-6,9-14,19,23,26H,7-8,15-18H2,1-3H3/t23-,24+/m1/s1. The summed E-state index contributed by atoms with van der Waals surface area (Å²) in [6, 6.07) is 18.5. The van der Waals surface area contributed by atoms with Crippen LogP contribution < -0.4 is 4.74 Å². The number of methoxy groups -OCH3 is 1. The van der Waals surface area contributed by atoms with Crippen LogP contribution in [-0.2, 0) is 5.60 Å². The molecule has 1 saturated heterocycles. The molecule has 0 aromatic heterocycles. The van der Waals surface area contributed by atoms with E-state index in [-0.39, 0.29) is 5.92 Å². The van der Waals surface area contributed by atoms with E-state index in [4.69, 9.17) is 4.74 Å². The first-order valence-electron chi connectivity index (χ1n) is 10.2. The molecule has 1 heterocycles. The van der Waals surface area contributed by atoms with Gasteiger partial charge < -0.3 is 14.7 Å². The molecule has 3 nitrogen and oxygen atoms in total. The molecule has 1 N–H and O–H groups in total. The van der Waals surface area contributed by atoms with Crippen molar-refractivity contribution in [3.05, 3.63) is 65.7 Å². The second-order valence-corrected chi connectivity index (χ2v) is 8.22. The molecule has 3 heteroatoms. The number of hydrogen-bond acceptors (Lipinski definition) is 3. The third kappa shape index (κ3) is 4.72. The number of nitrogens with zero attached hydrogens (tertiary/aromatic N) is 1. The molecule has 2 aromatic rings. The monoisotopic (exact) mass is 367 g/mol. The van der Waals surface area contributed by atoms with Crippen molar-refractivity contribution in [2.24, 2.45) is 5.92 Å². The lowest BCUT2D eigenvalue weighted by Gasteiger charge is -2.40. The van der Waals surface area contributed by atoms with Gasteiger partial charge in [-0.1, -0.05) is 56.3 Å². The predicted octanol–water partition coefficient (Wildman–Crippen LogP) is 4.81. The average Bonchev–Trinajstić information content (AvgIpc) is 3.19. The van der Waals surface area contributed by atoms with Crippen LogP contribution in [0, 0.1) is 5.92 Å². The highest BCUT2D eigenvalue weighted by Gasteiger charge is 2.41. The Hall–Kier alpha value is -1.84. The Morgan fingerprint density at radius 3 is 2.19 bits per heavy atom. The molecular weight excluding hydrogens is 334 g/mol. The fourth-order valence-electron chi connectivity index (χ4n) is 4.40. The SMILES string of the molecule is COc1ccc([C@@](O)(CC(C)C)[C@H](CN2CCCC2)c2ccccc2)cc1. The minimum Gasteiger partial charge on any atom is -0.497 e. The van der Waals surface area contributed by atoms with Crippen LogP contribution in [0.3, 0.4) is 0 Å². The topological polar surface area (TPSA) is 32.7 Å². The van der Waals surface area contributed by atoms with Gasteiger partial charge in [0.15, 0.2) is 0 Å². The van der Waals surface area contributed by atoms with Crippen LogP contribution in [0.4, 0.5) is 0 Å². The van der Waals surface area contributed by atoms with Gasteiger partial charge in [0, 0.05) is 12.5 Å². The van der Waals surface area contributed by atoms with Crippen molar-refractivity contribution in [2.75, 3.05) is 26.7 Å². The Morgan fingerprint density at radius 1 is 1.00 bits per heavy atom. The second kappa shape index (κ2) is 8.90. The molecule has 1 aliphatic heterocycles. The van der Waals surface area contributed by atoms with Crippen molar-refractivity contribution in [1.82, 2.24) is 4.90 Å². The highest BCUT2D eigenvalue weighted by atomic mass is 16.5. The fraction of sp³-hybridized carbons (Fsp3) is 0.500. The molecule has 0 spiro atoms. The van der Waals surface area contributed by atoms with E-state index in [0.29, 0.717) is 5.92 Å². The number of benzene rings is 2. The number of aliphatic hydroxyl groups is 1. The van der Waals surface area contributed by atoms with Gasteiger partial charge in [-0.25, -0.2) is 0 Å². The zero-order valence-electron chi connectivity index (χ0n) is 16.9. The van der Waals surface area contributed by atoms with Crippen LogP contribution in [-0.4, -0.2) is 36.8 Å². The second-order valence-electron chi connectivity index (χ2n) is 8.22. The molecule has 0 aliphatic carbocycles. The van der Waals surface area contributed by atoms with Gasteiger partial charge in [0.1, 0.15) is 5.75 Å². The molecular formula is C24H33NO2. The minimum absolute atomic E-state index is 0.0348. The summed E-state index contributed by atoms with van der Waals surface area (Å²) in [7, 11) is 1.68. The molecule has 0 bridgehead atoms. The first-order chi connectivity index (χ1) is 13.0. The van der Waals surface area contributed by atoms with Crippen LogP contribution in [0.1, 0.15) is 50.2 Å². The van der Waals surface area contributed by atoms with Gasteiger partial charge in [-0.2, -0.15) is 0 Å². The van der Waals surface area contributed by atoms with E-state index in [1.165, 1.54) is 18.4 Å².